The second-order valence-corrected chi connectivity index (χ2v) is 8.30. The van der Waals surface area contributed by atoms with Gasteiger partial charge in [-0.1, -0.05) is 37.3 Å². The van der Waals surface area contributed by atoms with Gasteiger partial charge in [-0.3, -0.25) is 9.59 Å². The molecule has 27 heavy (non-hydrogen) atoms. The van der Waals surface area contributed by atoms with Crippen LogP contribution >= 0.6 is 11.3 Å². The lowest BCUT2D eigenvalue weighted by Gasteiger charge is -2.28. The lowest BCUT2D eigenvalue weighted by molar-refractivity contribution is -0.142. The van der Waals surface area contributed by atoms with Crippen LogP contribution in [-0.4, -0.2) is 34.7 Å². The van der Waals surface area contributed by atoms with Gasteiger partial charge in [-0.2, -0.15) is 0 Å². The summed E-state index contributed by atoms with van der Waals surface area (Å²) in [6, 6.07) is 12.1. The monoisotopic (exact) mass is 384 g/mol. The van der Waals surface area contributed by atoms with Crippen molar-refractivity contribution in [3.63, 3.8) is 0 Å². The van der Waals surface area contributed by atoms with E-state index in [1.165, 1.54) is 10.4 Å². The summed E-state index contributed by atoms with van der Waals surface area (Å²) < 4.78 is 0. The van der Waals surface area contributed by atoms with E-state index in [1.54, 1.807) is 16.2 Å². The topological polar surface area (TPSA) is 40.6 Å². The van der Waals surface area contributed by atoms with Gasteiger partial charge in [-0.05, 0) is 48.8 Å². The Morgan fingerprint density at radius 1 is 1.07 bits per heavy atom. The van der Waals surface area contributed by atoms with Crippen LogP contribution in [0.3, 0.4) is 0 Å². The Morgan fingerprint density at radius 2 is 1.81 bits per heavy atom. The highest BCUT2D eigenvalue weighted by atomic mass is 32.1. The summed E-state index contributed by atoms with van der Waals surface area (Å²) in [4.78, 5) is 30.5. The average molecular weight is 385 g/mol. The van der Waals surface area contributed by atoms with E-state index < -0.39 is 0 Å². The number of carbonyl (C=O) groups is 2. The molecule has 0 unspecified atom stereocenters. The molecule has 1 aliphatic carbocycles. The van der Waals surface area contributed by atoms with Gasteiger partial charge in [0.1, 0.15) is 0 Å². The number of thiophene rings is 1. The second-order valence-electron chi connectivity index (χ2n) is 7.30. The van der Waals surface area contributed by atoms with Crippen molar-refractivity contribution in [1.82, 2.24) is 9.80 Å². The molecule has 3 rings (SSSR count). The fourth-order valence-electron chi connectivity index (χ4n) is 3.16. The highest BCUT2D eigenvalue weighted by molar-refractivity contribution is 7.10. The van der Waals surface area contributed by atoms with Crippen molar-refractivity contribution < 1.29 is 9.59 Å². The number of amides is 2. The molecule has 5 heteroatoms. The van der Waals surface area contributed by atoms with Crippen molar-refractivity contribution in [2.24, 2.45) is 5.92 Å². The maximum Gasteiger partial charge on any atom is 0.242 e. The lowest BCUT2D eigenvalue weighted by atomic mass is 10.2. The number of benzene rings is 1. The van der Waals surface area contributed by atoms with Crippen LogP contribution in [0.25, 0.3) is 0 Å². The van der Waals surface area contributed by atoms with Crippen LogP contribution in [-0.2, 0) is 22.7 Å². The number of hydrogen-bond donors (Lipinski definition) is 0. The Kier molecular flexibility index (Phi) is 6.67. The number of rotatable bonds is 9. The van der Waals surface area contributed by atoms with E-state index in [1.807, 2.05) is 35.2 Å². The van der Waals surface area contributed by atoms with Crippen molar-refractivity contribution in [3.8, 4) is 0 Å². The van der Waals surface area contributed by atoms with Crippen LogP contribution in [0.2, 0.25) is 0 Å². The molecule has 4 nitrogen and oxygen atoms in total. The number of carbonyl (C=O) groups excluding carboxylic acids is 2. The van der Waals surface area contributed by atoms with Gasteiger partial charge in [0.05, 0.1) is 13.1 Å². The Morgan fingerprint density at radius 3 is 2.41 bits per heavy atom. The molecule has 144 valence electrons. The van der Waals surface area contributed by atoms with Crippen molar-refractivity contribution in [3.05, 3.63) is 57.8 Å². The minimum absolute atomic E-state index is 0.0223. The summed E-state index contributed by atoms with van der Waals surface area (Å²) in [7, 11) is 0. The predicted molar refractivity (Wildman–Crippen MR) is 109 cm³/mol. The van der Waals surface area contributed by atoms with Gasteiger partial charge in [-0.25, -0.2) is 0 Å². The van der Waals surface area contributed by atoms with Crippen molar-refractivity contribution in [2.75, 3.05) is 13.1 Å². The maximum absolute atomic E-state index is 13.2. The fourth-order valence-corrected chi connectivity index (χ4v) is 4.09. The molecule has 0 atom stereocenters. The third kappa shape index (κ3) is 5.42. The summed E-state index contributed by atoms with van der Waals surface area (Å²) in [5, 5.41) is 2.07. The number of aryl methyl sites for hydroxylation is 1. The molecule has 0 radical (unpaired) electrons. The third-order valence-electron chi connectivity index (χ3n) is 4.93. The zero-order chi connectivity index (χ0) is 19.2. The smallest absolute Gasteiger partial charge is 0.242 e. The molecule has 0 N–H and O–H groups in total. The highest BCUT2D eigenvalue weighted by Gasteiger charge is 2.34. The number of nitrogens with zero attached hydrogens (tertiary/aromatic N) is 2. The van der Waals surface area contributed by atoms with E-state index in [2.05, 4.69) is 25.3 Å². The lowest BCUT2D eigenvalue weighted by Crippen LogP contribution is -2.43. The van der Waals surface area contributed by atoms with E-state index in [4.69, 9.17) is 0 Å². The molecule has 0 bridgehead atoms. The first-order valence-electron chi connectivity index (χ1n) is 9.72. The van der Waals surface area contributed by atoms with E-state index in [9.17, 15) is 9.59 Å². The van der Waals surface area contributed by atoms with Gasteiger partial charge < -0.3 is 9.80 Å². The minimum atomic E-state index is 0.0223. The van der Waals surface area contributed by atoms with Gasteiger partial charge in [-0.15, -0.1) is 11.3 Å². The summed E-state index contributed by atoms with van der Waals surface area (Å²) in [5.74, 6) is 0.317. The van der Waals surface area contributed by atoms with Crippen LogP contribution in [0.5, 0.6) is 0 Å². The van der Waals surface area contributed by atoms with Gasteiger partial charge in [0.25, 0.3) is 0 Å². The first-order chi connectivity index (χ1) is 13.1. The fraction of sp³-hybridized carbons (Fsp3) is 0.455. The summed E-state index contributed by atoms with van der Waals surface area (Å²) in [6.07, 6.45) is 2.80. The zero-order valence-electron chi connectivity index (χ0n) is 16.2. The van der Waals surface area contributed by atoms with Crippen LogP contribution in [0, 0.1) is 12.8 Å². The molecule has 1 fully saturated rings. The summed E-state index contributed by atoms with van der Waals surface area (Å²) in [5.41, 5.74) is 2.32. The third-order valence-corrected chi connectivity index (χ3v) is 5.94. The molecule has 2 aromatic rings. The summed E-state index contributed by atoms with van der Waals surface area (Å²) >= 11 is 1.68. The molecule has 1 aromatic heterocycles. The first-order valence-corrected chi connectivity index (χ1v) is 10.6. The van der Waals surface area contributed by atoms with E-state index in [-0.39, 0.29) is 24.3 Å². The molecule has 1 aliphatic rings. The number of hydrogen-bond acceptors (Lipinski definition) is 3. The molecule has 2 amide bonds. The van der Waals surface area contributed by atoms with E-state index in [0.29, 0.717) is 19.6 Å². The highest BCUT2D eigenvalue weighted by Crippen LogP contribution is 2.31. The van der Waals surface area contributed by atoms with Crippen LogP contribution in [0.15, 0.2) is 41.8 Å². The molecular weight excluding hydrogens is 356 g/mol. The van der Waals surface area contributed by atoms with Crippen molar-refractivity contribution >= 4 is 23.2 Å². The quantitative estimate of drug-likeness (QED) is 0.649. The van der Waals surface area contributed by atoms with Crippen LogP contribution in [0.4, 0.5) is 0 Å². The normalized spacial score (nSPS) is 13.4. The maximum atomic E-state index is 13.2. The van der Waals surface area contributed by atoms with Crippen LogP contribution < -0.4 is 0 Å². The zero-order valence-corrected chi connectivity index (χ0v) is 17.0. The Hall–Kier alpha value is -2.14. The molecule has 1 aromatic carbocycles. The molecular formula is C22H28N2O2S. The average Bonchev–Trinajstić information content (AvgIpc) is 3.44. The Bertz CT molecular complexity index is 768. The molecule has 0 spiro atoms. The summed E-state index contributed by atoms with van der Waals surface area (Å²) in [6.45, 7) is 6.12. The molecule has 1 saturated carbocycles. The van der Waals surface area contributed by atoms with E-state index >= 15 is 0 Å². The van der Waals surface area contributed by atoms with Crippen molar-refractivity contribution in [1.29, 1.82) is 0 Å². The molecule has 1 heterocycles. The van der Waals surface area contributed by atoms with Crippen LogP contribution in [0.1, 0.15) is 42.2 Å². The largest absolute Gasteiger partial charge is 0.333 e. The Labute approximate surface area is 165 Å². The van der Waals surface area contributed by atoms with Gasteiger partial charge in [0.15, 0.2) is 0 Å². The van der Waals surface area contributed by atoms with Gasteiger partial charge in [0.2, 0.25) is 11.8 Å². The van der Waals surface area contributed by atoms with Gasteiger partial charge in [0, 0.05) is 23.9 Å². The van der Waals surface area contributed by atoms with E-state index in [0.717, 1.165) is 24.8 Å². The Balaban J connectivity index is 1.74. The van der Waals surface area contributed by atoms with Gasteiger partial charge >= 0.3 is 0 Å². The first kappa shape index (κ1) is 19.6. The SMILES string of the molecule is CCCN(CC(=O)N(Cc1ccccc1)Cc1sccc1C)C(=O)C1CC1. The molecule has 0 saturated heterocycles. The predicted octanol–water partition coefficient (Wildman–Crippen LogP) is 4.23. The standard InChI is InChI=1S/C22H28N2O2S/c1-3-12-23(22(26)19-9-10-19)16-21(25)24(14-18-7-5-4-6-8-18)15-20-17(2)11-13-27-20/h4-8,11,13,19H,3,9-10,12,14-16H2,1-2H3. The van der Waals surface area contributed by atoms with Crippen molar-refractivity contribution in [2.45, 2.75) is 46.2 Å². The molecule has 0 aliphatic heterocycles. The second kappa shape index (κ2) is 9.18. The minimum Gasteiger partial charge on any atom is -0.333 e.